The number of nitrogens with zero attached hydrogens (tertiary/aromatic N) is 1. The normalized spacial score (nSPS) is 11.7. The number of aromatic nitrogens is 1. The van der Waals surface area contributed by atoms with Gasteiger partial charge in [0.05, 0.1) is 6.61 Å². The molecule has 0 bridgehead atoms. The van der Waals surface area contributed by atoms with Crippen molar-refractivity contribution in [2.24, 2.45) is 0 Å². The first-order valence-electron chi connectivity index (χ1n) is 4.20. The van der Waals surface area contributed by atoms with Gasteiger partial charge in [-0.3, -0.25) is 0 Å². The number of alkyl halides is 3. The van der Waals surface area contributed by atoms with E-state index in [-0.39, 0.29) is 24.5 Å². The van der Waals surface area contributed by atoms with Gasteiger partial charge in [0.25, 0.3) is 0 Å². The van der Waals surface area contributed by atoms with Crippen molar-refractivity contribution in [2.45, 2.75) is 12.6 Å². The Kier molecular flexibility index (Phi) is 3.88. The summed E-state index contributed by atoms with van der Waals surface area (Å²) in [5, 5.41) is 8.60. The lowest BCUT2D eigenvalue weighted by Gasteiger charge is -2.06. The molecule has 0 saturated heterocycles. The van der Waals surface area contributed by atoms with Gasteiger partial charge in [-0.2, -0.15) is 13.2 Å². The van der Waals surface area contributed by atoms with Crippen molar-refractivity contribution in [3.8, 4) is 0 Å². The van der Waals surface area contributed by atoms with E-state index in [2.05, 4.69) is 9.72 Å². The number of oxazole rings is 1. The van der Waals surface area contributed by atoms with Crippen LogP contribution in [0.4, 0.5) is 13.2 Å². The maximum Gasteiger partial charge on any atom is 0.411 e. The molecule has 5 nitrogen and oxygen atoms in total. The quantitative estimate of drug-likeness (QED) is 0.788. The van der Waals surface area contributed by atoms with Crippen LogP contribution in [0.25, 0.3) is 0 Å². The van der Waals surface area contributed by atoms with Crippen LogP contribution >= 0.6 is 0 Å². The lowest BCUT2D eigenvalue weighted by atomic mass is 10.3. The Morgan fingerprint density at radius 2 is 2.25 bits per heavy atom. The highest BCUT2D eigenvalue weighted by molar-refractivity contribution is 5.86. The van der Waals surface area contributed by atoms with E-state index in [9.17, 15) is 18.0 Å². The molecule has 0 aliphatic heterocycles. The van der Waals surface area contributed by atoms with E-state index in [1.807, 2.05) is 0 Å². The van der Waals surface area contributed by atoms with Gasteiger partial charge in [0.1, 0.15) is 12.4 Å². The minimum absolute atomic E-state index is 0.00493. The summed E-state index contributed by atoms with van der Waals surface area (Å²) in [4.78, 5) is 13.9. The maximum atomic E-state index is 11.7. The summed E-state index contributed by atoms with van der Waals surface area (Å²) in [6.45, 7) is -1.65. The highest BCUT2D eigenvalue weighted by atomic mass is 19.4. The standard InChI is InChI=1S/C8H8F3NO4/c9-8(10,11)3-15-2-1-5-6(7(13)14)12-4-16-5/h4H,1-3H2,(H,13,14). The SMILES string of the molecule is O=C(O)c1ncoc1CCOCC(F)(F)F. The number of rotatable bonds is 5. The number of carboxylic acids is 1. The molecule has 0 atom stereocenters. The van der Waals surface area contributed by atoms with Crippen LogP contribution in [-0.4, -0.2) is 35.4 Å². The smallest absolute Gasteiger partial charge is 0.411 e. The highest BCUT2D eigenvalue weighted by Crippen LogP contribution is 2.15. The van der Waals surface area contributed by atoms with Gasteiger partial charge >= 0.3 is 12.1 Å². The van der Waals surface area contributed by atoms with Gasteiger partial charge in [-0.25, -0.2) is 9.78 Å². The molecule has 16 heavy (non-hydrogen) atoms. The molecule has 1 rings (SSSR count). The van der Waals surface area contributed by atoms with Gasteiger partial charge in [-0.15, -0.1) is 0 Å². The third-order valence-corrected chi connectivity index (χ3v) is 1.58. The van der Waals surface area contributed by atoms with Crippen molar-refractivity contribution in [1.82, 2.24) is 4.98 Å². The number of hydrogen-bond donors (Lipinski definition) is 1. The van der Waals surface area contributed by atoms with Crippen LogP contribution in [-0.2, 0) is 11.2 Å². The highest BCUT2D eigenvalue weighted by Gasteiger charge is 2.27. The molecule has 0 radical (unpaired) electrons. The summed E-state index contributed by atoms with van der Waals surface area (Å²) < 4.78 is 44.0. The summed E-state index contributed by atoms with van der Waals surface area (Å²) in [6.07, 6.45) is -3.54. The third-order valence-electron chi connectivity index (χ3n) is 1.58. The lowest BCUT2D eigenvalue weighted by Crippen LogP contribution is -2.18. The van der Waals surface area contributed by atoms with E-state index in [1.165, 1.54) is 0 Å². The van der Waals surface area contributed by atoms with Crippen LogP contribution in [0.2, 0.25) is 0 Å². The average Bonchev–Trinajstić information content (AvgIpc) is 2.58. The molecule has 90 valence electrons. The Bertz CT molecular complexity index is 360. The number of carboxylic acid groups (broad SMARTS) is 1. The predicted octanol–water partition coefficient (Wildman–Crippen LogP) is 1.49. The zero-order chi connectivity index (χ0) is 12.2. The van der Waals surface area contributed by atoms with Gasteiger partial charge < -0.3 is 14.3 Å². The van der Waals surface area contributed by atoms with Crippen LogP contribution in [0.5, 0.6) is 0 Å². The fourth-order valence-corrected chi connectivity index (χ4v) is 0.975. The van der Waals surface area contributed by atoms with E-state index in [1.54, 1.807) is 0 Å². The third kappa shape index (κ3) is 3.89. The molecule has 0 saturated carbocycles. The van der Waals surface area contributed by atoms with E-state index in [0.717, 1.165) is 6.39 Å². The van der Waals surface area contributed by atoms with Crippen molar-refractivity contribution >= 4 is 5.97 Å². The molecule has 1 aromatic rings. The Hall–Kier alpha value is -1.57. The Balaban J connectivity index is 2.38. The first-order valence-corrected chi connectivity index (χ1v) is 4.20. The number of hydrogen-bond acceptors (Lipinski definition) is 4. The first-order chi connectivity index (χ1) is 7.40. The van der Waals surface area contributed by atoms with Crippen LogP contribution in [0.3, 0.4) is 0 Å². The van der Waals surface area contributed by atoms with Gasteiger partial charge in [0.15, 0.2) is 12.1 Å². The second-order valence-electron chi connectivity index (χ2n) is 2.85. The zero-order valence-electron chi connectivity index (χ0n) is 7.95. The summed E-state index contributed by atoms with van der Waals surface area (Å²) in [5.41, 5.74) is -0.310. The number of carbonyl (C=O) groups is 1. The molecule has 1 heterocycles. The number of ether oxygens (including phenoxy) is 1. The summed E-state index contributed by atoms with van der Waals surface area (Å²) >= 11 is 0. The van der Waals surface area contributed by atoms with Crippen molar-refractivity contribution in [1.29, 1.82) is 0 Å². The lowest BCUT2D eigenvalue weighted by molar-refractivity contribution is -0.173. The monoisotopic (exact) mass is 239 g/mol. The average molecular weight is 239 g/mol. The first kappa shape index (κ1) is 12.5. The molecule has 0 amide bonds. The van der Waals surface area contributed by atoms with Crippen molar-refractivity contribution in [3.63, 3.8) is 0 Å². The Labute approximate surface area is 87.8 Å². The minimum Gasteiger partial charge on any atom is -0.476 e. The van der Waals surface area contributed by atoms with Crippen LogP contribution in [0, 0.1) is 0 Å². The molecule has 1 N–H and O–H groups in total. The van der Waals surface area contributed by atoms with Crippen LogP contribution < -0.4 is 0 Å². The van der Waals surface area contributed by atoms with Crippen molar-refractivity contribution < 1.29 is 32.2 Å². The Morgan fingerprint density at radius 1 is 1.56 bits per heavy atom. The molecule has 0 fully saturated rings. The Morgan fingerprint density at radius 3 is 2.81 bits per heavy atom. The van der Waals surface area contributed by atoms with Gasteiger partial charge in [0, 0.05) is 6.42 Å². The predicted molar refractivity (Wildman–Crippen MR) is 44.0 cm³/mol. The van der Waals surface area contributed by atoms with E-state index < -0.39 is 18.8 Å². The largest absolute Gasteiger partial charge is 0.476 e. The van der Waals surface area contributed by atoms with Crippen LogP contribution in [0.15, 0.2) is 10.8 Å². The zero-order valence-corrected chi connectivity index (χ0v) is 7.95. The number of halogens is 3. The minimum atomic E-state index is -4.39. The van der Waals surface area contributed by atoms with E-state index >= 15 is 0 Å². The topological polar surface area (TPSA) is 72.6 Å². The number of aromatic carboxylic acids is 1. The molecule has 0 aliphatic carbocycles. The van der Waals surface area contributed by atoms with Gasteiger partial charge in [-0.1, -0.05) is 0 Å². The van der Waals surface area contributed by atoms with Gasteiger partial charge in [0.2, 0.25) is 0 Å². The summed E-state index contributed by atoms with van der Waals surface area (Å²) in [6, 6.07) is 0. The fourth-order valence-electron chi connectivity index (χ4n) is 0.975. The summed E-state index contributed by atoms with van der Waals surface area (Å²) in [7, 11) is 0. The van der Waals surface area contributed by atoms with Gasteiger partial charge in [-0.05, 0) is 0 Å². The molecule has 8 heteroatoms. The second-order valence-corrected chi connectivity index (χ2v) is 2.85. The fraction of sp³-hybridized carbons (Fsp3) is 0.500. The molecule has 0 aromatic carbocycles. The molecule has 0 unspecified atom stereocenters. The molecule has 0 spiro atoms. The molecular formula is C8H8F3NO4. The molecule has 0 aliphatic rings. The molecular weight excluding hydrogens is 231 g/mol. The van der Waals surface area contributed by atoms with Crippen molar-refractivity contribution in [2.75, 3.05) is 13.2 Å². The van der Waals surface area contributed by atoms with Crippen LogP contribution in [0.1, 0.15) is 16.2 Å². The maximum absolute atomic E-state index is 11.7. The van der Waals surface area contributed by atoms with E-state index in [0.29, 0.717) is 0 Å². The van der Waals surface area contributed by atoms with E-state index in [4.69, 9.17) is 9.52 Å². The molecule has 1 aromatic heterocycles. The second kappa shape index (κ2) is 4.97. The summed E-state index contributed by atoms with van der Waals surface area (Å²) in [5.74, 6) is -1.30. The van der Waals surface area contributed by atoms with Crippen molar-refractivity contribution in [3.05, 3.63) is 17.8 Å².